The Kier molecular flexibility index (Phi) is 5.20. The van der Waals surface area contributed by atoms with E-state index in [2.05, 4.69) is 22.3 Å². The van der Waals surface area contributed by atoms with E-state index in [9.17, 15) is 17.6 Å². The van der Waals surface area contributed by atoms with Crippen molar-refractivity contribution in [1.82, 2.24) is 0 Å². The molecule has 0 amide bonds. The zero-order valence-corrected chi connectivity index (χ0v) is 18.0. The first-order valence-corrected chi connectivity index (χ1v) is 11.1. The van der Waals surface area contributed by atoms with Gasteiger partial charge in [0.2, 0.25) is 5.79 Å². The first kappa shape index (κ1) is 21.9. The summed E-state index contributed by atoms with van der Waals surface area (Å²) in [4.78, 5) is 0. The van der Waals surface area contributed by atoms with Crippen LogP contribution < -0.4 is 0 Å². The number of fused-ring (bicyclic) bond motifs is 6. The van der Waals surface area contributed by atoms with E-state index >= 15 is 0 Å². The second-order valence-electron chi connectivity index (χ2n) is 9.17. The average molecular weight is 450 g/mol. The van der Waals surface area contributed by atoms with Gasteiger partial charge in [-0.05, 0) is 62.7 Å². The number of rotatable bonds is 4. The highest BCUT2D eigenvalue weighted by Crippen LogP contribution is 2.64. The van der Waals surface area contributed by atoms with Crippen LogP contribution in [0.4, 0.5) is 17.6 Å². The Hall–Kier alpha value is -1.88. The number of hydrogen-bond donors (Lipinski definition) is 0. The molecule has 5 aliphatic rings. The third kappa shape index (κ3) is 2.99. The molecule has 6 unspecified atom stereocenters. The van der Waals surface area contributed by atoms with E-state index < -0.39 is 41.9 Å². The molecule has 1 aliphatic heterocycles. The second kappa shape index (κ2) is 7.58. The van der Waals surface area contributed by atoms with E-state index in [1.54, 1.807) is 18.2 Å². The summed E-state index contributed by atoms with van der Waals surface area (Å²) in [6.07, 6.45) is 6.51. The smallest absolute Gasteiger partial charge is 0.336 e. The molecule has 0 aromatic heterocycles. The number of hydrogen-bond acceptors (Lipinski definition) is 3. The molecule has 2 bridgehead atoms. The maximum absolute atomic E-state index is 14.7. The molecule has 0 N–H and O–H groups in total. The lowest BCUT2D eigenvalue weighted by atomic mass is 9.80. The Morgan fingerprint density at radius 2 is 1.94 bits per heavy atom. The van der Waals surface area contributed by atoms with Gasteiger partial charge in [-0.3, -0.25) is 0 Å². The van der Waals surface area contributed by atoms with Gasteiger partial charge in [0.15, 0.2) is 0 Å². The Morgan fingerprint density at radius 3 is 2.69 bits per heavy atom. The van der Waals surface area contributed by atoms with Crippen molar-refractivity contribution in [3.63, 3.8) is 0 Å². The molecule has 1 heterocycles. The van der Waals surface area contributed by atoms with Crippen LogP contribution >= 0.6 is 0 Å². The van der Waals surface area contributed by atoms with E-state index in [-0.39, 0.29) is 12.3 Å². The number of allylic oxidation sites excluding steroid dienone is 3. The summed E-state index contributed by atoms with van der Waals surface area (Å²) < 4.78 is 74.2. The molecule has 1 spiro atoms. The van der Waals surface area contributed by atoms with Crippen LogP contribution in [-0.2, 0) is 14.2 Å². The first-order chi connectivity index (χ1) is 15.2. The van der Waals surface area contributed by atoms with Gasteiger partial charge in [-0.2, -0.15) is 17.6 Å². The summed E-state index contributed by atoms with van der Waals surface area (Å²) in [7, 11) is 0.613. The minimum Gasteiger partial charge on any atom is -0.336 e. The summed E-state index contributed by atoms with van der Waals surface area (Å²) in [5, 5.41) is 0. The summed E-state index contributed by atoms with van der Waals surface area (Å²) >= 11 is 0. The Bertz CT molecular complexity index is 997. The lowest BCUT2D eigenvalue weighted by Gasteiger charge is -2.37. The maximum atomic E-state index is 14.7. The molecule has 0 aromatic carbocycles. The van der Waals surface area contributed by atoms with Gasteiger partial charge in [0.1, 0.15) is 0 Å². The zero-order valence-electron chi connectivity index (χ0n) is 18.0. The molecule has 0 aromatic rings. The second-order valence-corrected chi connectivity index (χ2v) is 9.17. The van der Waals surface area contributed by atoms with Crippen LogP contribution in [0.15, 0.2) is 58.6 Å². The fraction of sp³-hybridized carbons (Fsp3) is 0.600. The zero-order chi connectivity index (χ0) is 22.7. The van der Waals surface area contributed by atoms with Gasteiger partial charge >= 0.3 is 12.0 Å². The van der Waals surface area contributed by atoms with Crippen LogP contribution in [0.1, 0.15) is 39.0 Å². The van der Waals surface area contributed by atoms with Crippen molar-refractivity contribution >= 4 is 0 Å². The summed E-state index contributed by atoms with van der Waals surface area (Å²) in [6, 6.07) is 0. The Labute approximate surface area is 184 Å². The van der Waals surface area contributed by atoms with Gasteiger partial charge in [0.25, 0.3) is 0 Å². The van der Waals surface area contributed by atoms with Gasteiger partial charge < -0.3 is 14.2 Å². The van der Waals surface area contributed by atoms with Crippen molar-refractivity contribution < 1.29 is 31.8 Å². The highest BCUT2D eigenvalue weighted by Gasteiger charge is 2.73. The van der Waals surface area contributed by atoms with Crippen molar-refractivity contribution in [3.8, 4) is 0 Å². The standard InChI is InChI=1S/C25H26F4O3/c1-3-4-5-6-10-17-12-15-9-7-8-11-19(15)23(17)31-21-16-13-18(22(21)32-23)20(14-16)24(26,27)25(28,29)30-2/h3,5-6,8,11,16,18,20-22H,7,9,12-14H2,1-2H3. The SMILES string of the molecule is CC=C=CC=C=C1CC2=C(C=CCC2)C12OC1C3CC(C1O2)C(C(F)(F)C(F)(F)OC)C3. The minimum atomic E-state index is -4.52. The first-order valence-electron chi connectivity index (χ1n) is 11.1. The lowest BCUT2D eigenvalue weighted by molar-refractivity contribution is -0.358. The van der Waals surface area contributed by atoms with Crippen LogP contribution in [0.3, 0.4) is 0 Å². The number of ether oxygens (including phenoxy) is 3. The highest BCUT2D eigenvalue weighted by atomic mass is 19.3. The predicted molar refractivity (Wildman–Crippen MR) is 109 cm³/mol. The monoisotopic (exact) mass is 450 g/mol. The van der Waals surface area contributed by atoms with Crippen LogP contribution in [0.25, 0.3) is 0 Å². The molecule has 172 valence electrons. The molecular formula is C25H26F4O3. The molecule has 5 rings (SSSR count). The van der Waals surface area contributed by atoms with E-state index in [0.29, 0.717) is 20.0 Å². The van der Waals surface area contributed by atoms with Gasteiger partial charge in [-0.15, -0.1) is 11.5 Å². The molecular weight excluding hydrogens is 424 g/mol. The fourth-order valence-corrected chi connectivity index (χ4v) is 6.18. The van der Waals surface area contributed by atoms with Gasteiger partial charge in [-0.1, -0.05) is 17.7 Å². The van der Waals surface area contributed by atoms with Crippen molar-refractivity contribution in [2.45, 2.75) is 69.1 Å². The van der Waals surface area contributed by atoms with E-state index in [1.165, 1.54) is 5.57 Å². The Morgan fingerprint density at radius 1 is 1.16 bits per heavy atom. The molecule has 3 fully saturated rings. The molecule has 3 nitrogen and oxygen atoms in total. The van der Waals surface area contributed by atoms with Crippen LogP contribution in [0, 0.1) is 17.8 Å². The van der Waals surface area contributed by atoms with Gasteiger partial charge in [0, 0.05) is 30.6 Å². The van der Waals surface area contributed by atoms with E-state index in [4.69, 9.17) is 9.47 Å². The molecule has 1 saturated heterocycles. The van der Waals surface area contributed by atoms with Crippen LogP contribution in [0.5, 0.6) is 0 Å². The number of halogens is 4. The average Bonchev–Trinajstić information content (AvgIpc) is 3.52. The van der Waals surface area contributed by atoms with Crippen LogP contribution in [0.2, 0.25) is 0 Å². The summed E-state index contributed by atoms with van der Waals surface area (Å²) in [5.41, 5.74) is 9.12. The number of methoxy groups -OCH3 is 1. The maximum Gasteiger partial charge on any atom is 0.419 e. The topological polar surface area (TPSA) is 27.7 Å². The molecule has 6 atom stereocenters. The van der Waals surface area contributed by atoms with Crippen LogP contribution in [-0.4, -0.2) is 37.1 Å². The van der Waals surface area contributed by atoms with Crippen molar-refractivity contribution in [2.24, 2.45) is 17.8 Å². The lowest BCUT2D eigenvalue weighted by Crippen LogP contribution is -2.52. The number of alkyl halides is 4. The summed E-state index contributed by atoms with van der Waals surface area (Å²) in [6.45, 7) is 1.86. The fourth-order valence-electron chi connectivity index (χ4n) is 6.18. The van der Waals surface area contributed by atoms with E-state index in [0.717, 1.165) is 24.0 Å². The Balaban J connectivity index is 1.50. The van der Waals surface area contributed by atoms with Gasteiger partial charge in [-0.25, -0.2) is 0 Å². The van der Waals surface area contributed by atoms with Crippen molar-refractivity contribution in [2.75, 3.05) is 7.11 Å². The molecule has 32 heavy (non-hydrogen) atoms. The van der Waals surface area contributed by atoms with Gasteiger partial charge in [0.05, 0.1) is 12.2 Å². The normalized spacial score (nSPS) is 37.4. The molecule has 2 saturated carbocycles. The molecule has 7 heteroatoms. The predicted octanol–water partition coefficient (Wildman–Crippen LogP) is 5.86. The van der Waals surface area contributed by atoms with E-state index in [1.807, 2.05) is 13.0 Å². The van der Waals surface area contributed by atoms with Crippen molar-refractivity contribution in [1.29, 1.82) is 0 Å². The third-order valence-corrected chi connectivity index (χ3v) is 7.60. The third-order valence-electron chi connectivity index (χ3n) is 7.60. The molecule has 0 radical (unpaired) electrons. The summed E-state index contributed by atoms with van der Waals surface area (Å²) in [5.74, 6) is -7.93. The largest absolute Gasteiger partial charge is 0.419 e. The highest BCUT2D eigenvalue weighted by molar-refractivity contribution is 5.51. The molecule has 4 aliphatic carbocycles. The quantitative estimate of drug-likeness (QED) is 0.305. The minimum absolute atomic E-state index is 0.0299. The van der Waals surface area contributed by atoms with Crippen molar-refractivity contribution in [3.05, 3.63) is 58.6 Å².